The lowest BCUT2D eigenvalue weighted by molar-refractivity contribution is -0.118. The van der Waals surface area contributed by atoms with Crippen molar-refractivity contribution in [3.63, 3.8) is 0 Å². The normalized spacial score (nSPS) is 14.6. The van der Waals surface area contributed by atoms with Gasteiger partial charge in [-0.1, -0.05) is 18.2 Å². The number of benzene rings is 1. The van der Waals surface area contributed by atoms with Crippen LogP contribution in [0.25, 0.3) is 0 Å². The molecule has 0 radical (unpaired) electrons. The maximum Gasteiger partial charge on any atom is 0.150 e. The van der Waals surface area contributed by atoms with E-state index < -0.39 is 12.1 Å². The zero-order chi connectivity index (χ0) is 11.3. The van der Waals surface area contributed by atoms with Gasteiger partial charge in [-0.15, -0.1) is 0 Å². The van der Waals surface area contributed by atoms with E-state index in [4.69, 9.17) is 4.74 Å². The van der Waals surface area contributed by atoms with E-state index in [1.54, 1.807) is 25.2 Å². The lowest BCUT2D eigenvalue weighted by Crippen LogP contribution is -2.32. The first-order valence-electron chi connectivity index (χ1n) is 4.64. The number of aldehydes is 1. The van der Waals surface area contributed by atoms with Crippen molar-refractivity contribution < 1.29 is 13.9 Å². The van der Waals surface area contributed by atoms with E-state index in [0.29, 0.717) is 11.8 Å². The summed E-state index contributed by atoms with van der Waals surface area (Å²) in [4.78, 5) is 10.7. The van der Waals surface area contributed by atoms with E-state index in [1.165, 1.54) is 13.2 Å². The van der Waals surface area contributed by atoms with Gasteiger partial charge in [-0.25, -0.2) is 4.39 Å². The molecule has 1 N–H and O–H groups in total. The number of hydrogen-bond acceptors (Lipinski definition) is 3. The predicted molar refractivity (Wildman–Crippen MR) is 55.1 cm³/mol. The third-order valence-corrected chi connectivity index (χ3v) is 2.29. The number of nitrogens with one attached hydrogen (secondary N) is 1. The summed E-state index contributed by atoms with van der Waals surface area (Å²) in [5.74, 6) is -0.347. The van der Waals surface area contributed by atoms with Crippen LogP contribution >= 0.6 is 0 Å². The molecule has 0 heterocycles. The van der Waals surface area contributed by atoms with Gasteiger partial charge in [0.1, 0.15) is 11.9 Å². The minimum absolute atomic E-state index is 0.347. The smallest absolute Gasteiger partial charge is 0.150 e. The fourth-order valence-corrected chi connectivity index (χ4v) is 1.49. The molecule has 0 saturated heterocycles. The fourth-order valence-electron chi connectivity index (χ4n) is 1.49. The number of ether oxygens (including phenoxy) is 1. The standard InChI is InChI=1S/C11H14FNO2/c1-13-11(10(7-14)15-2)8-5-3-4-6-9(8)12/h3-7,10-11,13H,1-2H3. The van der Waals surface area contributed by atoms with Crippen molar-refractivity contribution in [2.24, 2.45) is 0 Å². The third kappa shape index (κ3) is 2.61. The number of carbonyl (C=O) groups excluding carboxylic acids is 1. The highest BCUT2D eigenvalue weighted by atomic mass is 19.1. The number of carbonyl (C=O) groups is 1. The van der Waals surface area contributed by atoms with Crippen LogP contribution in [0, 0.1) is 5.82 Å². The highest BCUT2D eigenvalue weighted by Gasteiger charge is 2.23. The highest BCUT2D eigenvalue weighted by Crippen LogP contribution is 2.20. The second-order valence-corrected chi connectivity index (χ2v) is 3.12. The summed E-state index contributed by atoms with van der Waals surface area (Å²) in [6, 6.07) is 5.85. The first-order chi connectivity index (χ1) is 7.24. The molecule has 1 rings (SSSR count). The molecule has 0 aromatic heterocycles. The molecule has 82 valence electrons. The van der Waals surface area contributed by atoms with E-state index in [1.807, 2.05) is 0 Å². The topological polar surface area (TPSA) is 38.3 Å². The molecule has 3 nitrogen and oxygen atoms in total. The third-order valence-electron chi connectivity index (χ3n) is 2.29. The Kier molecular flexibility index (Phi) is 4.39. The molecule has 0 amide bonds. The zero-order valence-corrected chi connectivity index (χ0v) is 8.74. The molecule has 2 atom stereocenters. The van der Waals surface area contributed by atoms with Crippen molar-refractivity contribution in [1.82, 2.24) is 5.32 Å². The van der Waals surface area contributed by atoms with Crippen LogP contribution in [0.15, 0.2) is 24.3 Å². The quantitative estimate of drug-likeness (QED) is 0.746. The minimum atomic E-state index is -0.688. The molecular formula is C11H14FNO2. The van der Waals surface area contributed by atoms with Gasteiger partial charge in [0.2, 0.25) is 0 Å². The Hall–Kier alpha value is -1.26. The number of hydrogen-bond donors (Lipinski definition) is 1. The zero-order valence-electron chi connectivity index (χ0n) is 8.74. The van der Waals surface area contributed by atoms with Crippen LogP contribution in [0.1, 0.15) is 11.6 Å². The highest BCUT2D eigenvalue weighted by molar-refractivity contribution is 5.58. The summed E-state index contributed by atoms with van der Waals surface area (Å²) >= 11 is 0. The summed E-state index contributed by atoms with van der Waals surface area (Å²) in [6.45, 7) is 0. The number of methoxy groups -OCH3 is 1. The lowest BCUT2D eigenvalue weighted by Gasteiger charge is -2.21. The maximum absolute atomic E-state index is 13.4. The number of halogens is 1. The Bertz CT molecular complexity index is 330. The van der Waals surface area contributed by atoms with Gasteiger partial charge < -0.3 is 14.8 Å². The molecule has 4 heteroatoms. The van der Waals surface area contributed by atoms with E-state index in [-0.39, 0.29) is 5.82 Å². The molecule has 15 heavy (non-hydrogen) atoms. The SMILES string of the molecule is CNC(c1ccccc1F)C(C=O)OC. The van der Waals surface area contributed by atoms with Crippen molar-refractivity contribution in [2.45, 2.75) is 12.1 Å². The van der Waals surface area contributed by atoms with E-state index in [2.05, 4.69) is 5.32 Å². The predicted octanol–water partition coefficient (Wildman–Crippen LogP) is 1.30. The molecule has 0 bridgehead atoms. The first-order valence-corrected chi connectivity index (χ1v) is 4.64. The molecule has 2 unspecified atom stereocenters. The lowest BCUT2D eigenvalue weighted by atomic mass is 10.0. The molecule has 0 aliphatic rings. The second-order valence-electron chi connectivity index (χ2n) is 3.12. The van der Waals surface area contributed by atoms with Crippen LogP contribution < -0.4 is 5.32 Å². The van der Waals surface area contributed by atoms with Gasteiger partial charge in [0, 0.05) is 12.7 Å². The Morgan fingerprint density at radius 2 is 2.13 bits per heavy atom. The molecule has 0 aliphatic carbocycles. The van der Waals surface area contributed by atoms with Gasteiger partial charge in [0.25, 0.3) is 0 Å². The van der Waals surface area contributed by atoms with Crippen LogP contribution in [0.5, 0.6) is 0 Å². The van der Waals surface area contributed by atoms with Crippen LogP contribution in [0.2, 0.25) is 0 Å². The summed E-state index contributed by atoms with van der Waals surface area (Å²) in [7, 11) is 3.08. The van der Waals surface area contributed by atoms with Crippen LogP contribution in [0.4, 0.5) is 4.39 Å². The van der Waals surface area contributed by atoms with Gasteiger partial charge in [0.05, 0.1) is 6.04 Å². The summed E-state index contributed by atoms with van der Waals surface area (Å²) in [5.41, 5.74) is 0.430. The van der Waals surface area contributed by atoms with Crippen LogP contribution in [0.3, 0.4) is 0 Å². The molecule has 1 aromatic carbocycles. The van der Waals surface area contributed by atoms with E-state index >= 15 is 0 Å². The van der Waals surface area contributed by atoms with Gasteiger partial charge in [-0.2, -0.15) is 0 Å². The monoisotopic (exact) mass is 211 g/mol. The maximum atomic E-state index is 13.4. The Morgan fingerprint density at radius 3 is 2.60 bits per heavy atom. The molecule has 1 aromatic rings. The Labute approximate surface area is 88.2 Å². The van der Waals surface area contributed by atoms with Crippen molar-refractivity contribution in [3.8, 4) is 0 Å². The van der Waals surface area contributed by atoms with Crippen molar-refractivity contribution in [1.29, 1.82) is 0 Å². The van der Waals surface area contributed by atoms with Gasteiger partial charge in [0.15, 0.2) is 6.29 Å². The number of rotatable bonds is 5. The number of likely N-dealkylation sites (N-methyl/N-ethyl adjacent to an activating group) is 1. The van der Waals surface area contributed by atoms with Crippen LogP contribution in [-0.4, -0.2) is 26.5 Å². The minimum Gasteiger partial charge on any atom is -0.372 e. The van der Waals surface area contributed by atoms with Crippen molar-refractivity contribution >= 4 is 6.29 Å². The second kappa shape index (κ2) is 5.58. The largest absolute Gasteiger partial charge is 0.372 e. The molecule has 0 aliphatic heterocycles. The Balaban J connectivity index is 3.01. The molecule has 0 spiro atoms. The molecule has 0 fully saturated rings. The van der Waals surface area contributed by atoms with Gasteiger partial charge >= 0.3 is 0 Å². The van der Waals surface area contributed by atoms with Crippen molar-refractivity contribution in [3.05, 3.63) is 35.6 Å². The van der Waals surface area contributed by atoms with Gasteiger partial charge in [-0.3, -0.25) is 0 Å². The van der Waals surface area contributed by atoms with E-state index in [9.17, 15) is 9.18 Å². The summed E-state index contributed by atoms with van der Waals surface area (Å²) < 4.78 is 18.4. The molecular weight excluding hydrogens is 197 g/mol. The molecule has 0 saturated carbocycles. The summed E-state index contributed by atoms with van der Waals surface area (Å²) in [5, 5.41) is 2.86. The van der Waals surface area contributed by atoms with Gasteiger partial charge in [-0.05, 0) is 13.1 Å². The average Bonchev–Trinajstić information content (AvgIpc) is 2.27. The van der Waals surface area contributed by atoms with E-state index in [0.717, 1.165) is 0 Å². The first kappa shape index (κ1) is 11.8. The van der Waals surface area contributed by atoms with Crippen molar-refractivity contribution in [2.75, 3.05) is 14.2 Å². The van der Waals surface area contributed by atoms with Crippen LogP contribution in [-0.2, 0) is 9.53 Å². The summed E-state index contributed by atoms with van der Waals surface area (Å²) in [6.07, 6.45) is -0.0277. The average molecular weight is 211 g/mol. The fraction of sp³-hybridized carbons (Fsp3) is 0.364. The Morgan fingerprint density at radius 1 is 1.47 bits per heavy atom.